The van der Waals surface area contributed by atoms with Crippen molar-refractivity contribution in [2.75, 3.05) is 20.2 Å². The smallest absolute Gasteiger partial charge is 0.341 e. The number of piperidine rings is 1. The Morgan fingerprint density at radius 1 is 1.36 bits per heavy atom. The van der Waals surface area contributed by atoms with E-state index in [1.54, 1.807) is 17.4 Å². The second-order valence-electron chi connectivity index (χ2n) is 6.50. The van der Waals surface area contributed by atoms with E-state index in [0.29, 0.717) is 23.7 Å². The van der Waals surface area contributed by atoms with Crippen LogP contribution in [0.5, 0.6) is 0 Å². The zero-order valence-electron chi connectivity index (χ0n) is 14.6. The number of thiophene rings is 1. The number of nitrogens with zero attached hydrogens (tertiary/aromatic N) is 1. The minimum atomic E-state index is -0.360. The standard InChI is InChI=1S/C19H23NO4S/c1-13(15-6-10-25-12-15)18(21)20-7-3-14(4-8-20)11-17-16(5-9-24-17)19(22)23-2/h5-6,9-10,12-14H,3-4,7-8,11H2,1-2H3/t13-/m0/s1. The summed E-state index contributed by atoms with van der Waals surface area (Å²) in [6.07, 6.45) is 4.08. The van der Waals surface area contributed by atoms with Crippen LogP contribution in [0.4, 0.5) is 0 Å². The van der Waals surface area contributed by atoms with Crippen LogP contribution in [0.1, 0.15) is 47.4 Å². The van der Waals surface area contributed by atoms with Crippen molar-refractivity contribution in [2.24, 2.45) is 5.92 Å². The molecule has 0 bridgehead atoms. The molecule has 3 rings (SSSR count). The average Bonchev–Trinajstić information content (AvgIpc) is 3.32. The first kappa shape index (κ1) is 17.7. The molecule has 25 heavy (non-hydrogen) atoms. The summed E-state index contributed by atoms with van der Waals surface area (Å²) in [6.45, 7) is 3.49. The van der Waals surface area contributed by atoms with Crippen LogP contribution in [0.15, 0.2) is 33.6 Å². The van der Waals surface area contributed by atoms with E-state index in [1.807, 2.05) is 28.7 Å². The van der Waals surface area contributed by atoms with Gasteiger partial charge in [0.15, 0.2) is 0 Å². The summed E-state index contributed by atoms with van der Waals surface area (Å²) in [7, 11) is 1.37. The first-order chi connectivity index (χ1) is 12.1. The van der Waals surface area contributed by atoms with Gasteiger partial charge in [-0.1, -0.05) is 0 Å². The van der Waals surface area contributed by atoms with E-state index in [9.17, 15) is 9.59 Å². The Hall–Kier alpha value is -2.08. The SMILES string of the molecule is COC(=O)c1ccoc1CC1CCN(C(=O)[C@@H](C)c2ccsc2)CC1. The van der Waals surface area contributed by atoms with Gasteiger partial charge in [0.1, 0.15) is 11.3 Å². The Labute approximate surface area is 151 Å². The Balaban J connectivity index is 1.55. The van der Waals surface area contributed by atoms with Gasteiger partial charge in [-0.05, 0) is 54.1 Å². The monoisotopic (exact) mass is 361 g/mol. The third-order valence-corrected chi connectivity index (χ3v) is 5.67. The number of rotatable bonds is 5. The zero-order valence-corrected chi connectivity index (χ0v) is 15.4. The van der Waals surface area contributed by atoms with Crippen molar-refractivity contribution in [3.8, 4) is 0 Å². The molecule has 0 aromatic carbocycles. The van der Waals surface area contributed by atoms with Crippen molar-refractivity contribution in [1.29, 1.82) is 0 Å². The van der Waals surface area contributed by atoms with E-state index < -0.39 is 0 Å². The minimum absolute atomic E-state index is 0.0844. The van der Waals surface area contributed by atoms with Gasteiger partial charge < -0.3 is 14.1 Å². The summed E-state index contributed by atoms with van der Waals surface area (Å²) in [4.78, 5) is 26.3. The van der Waals surface area contributed by atoms with E-state index in [1.165, 1.54) is 13.4 Å². The van der Waals surface area contributed by atoms with Crippen molar-refractivity contribution in [2.45, 2.75) is 32.1 Å². The third kappa shape index (κ3) is 3.95. The number of carbonyl (C=O) groups is 2. The fourth-order valence-corrected chi connectivity index (χ4v) is 4.10. The van der Waals surface area contributed by atoms with Gasteiger partial charge in [0, 0.05) is 19.5 Å². The van der Waals surface area contributed by atoms with Gasteiger partial charge >= 0.3 is 5.97 Å². The number of likely N-dealkylation sites (tertiary alicyclic amines) is 1. The lowest BCUT2D eigenvalue weighted by atomic mass is 9.90. The molecule has 134 valence electrons. The summed E-state index contributed by atoms with van der Waals surface area (Å²) in [5, 5.41) is 4.05. The third-order valence-electron chi connectivity index (χ3n) is 4.96. The van der Waals surface area contributed by atoms with Crippen LogP contribution in [0, 0.1) is 5.92 Å². The van der Waals surface area contributed by atoms with Gasteiger partial charge in [-0.15, -0.1) is 0 Å². The summed E-state index contributed by atoms with van der Waals surface area (Å²) < 4.78 is 10.3. The van der Waals surface area contributed by atoms with Crippen molar-refractivity contribution in [1.82, 2.24) is 4.90 Å². The number of amides is 1. The molecular weight excluding hydrogens is 338 g/mol. The van der Waals surface area contributed by atoms with Gasteiger partial charge in [0.2, 0.25) is 5.91 Å². The highest BCUT2D eigenvalue weighted by Crippen LogP contribution is 2.27. The highest BCUT2D eigenvalue weighted by atomic mass is 32.1. The summed E-state index contributed by atoms with van der Waals surface area (Å²) in [6, 6.07) is 3.67. The number of carbonyl (C=O) groups excluding carboxylic acids is 2. The van der Waals surface area contributed by atoms with E-state index >= 15 is 0 Å². The van der Waals surface area contributed by atoms with Crippen molar-refractivity contribution in [3.05, 3.63) is 46.0 Å². The van der Waals surface area contributed by atoms with Crippen LogP contribution in [-0.4, -0.2) is 37.0 Å². The molecule has 1 aliphatic rings. The van der Waals surface area contributed by atoms with Crippen LogP contribution in [0.25, 0.3) is 0 Å². The molecule has 2 aromatic rings. The van der Waals surface area contributed by atoms with Crippen LogP contribution in [0.2, 0.25) is 0 Å². The van der Waals surface area contributed by atoms with E-state index in [0.717, 1.165) is 31.5 Å². The highest BCUT2D eigenvalue weighted by molar-refractivity contribution is 7.08. The van der Waals surface area contributed by atoms with Crippen LogP contribution < -0.4 is 0 Å². The van der Waals surface area contributed by atoms with Gasteiger partial charge in [-0.2, -0.15) is 11.3 Å². The quantitative estimate of drug-likeness (QED) is 0.762. The number of methoxy groups -OCH3 is 1. The Morgan fingerprint density at radius 2 is 2.12 bits per heavy atom. The number of ether oxygens (including phenoxy) is 1. The summed E-state index contributed by atoms with van der Waals surface area (Å²) >= 11 is 1.62. The second-order valence-corrected chi connectivity index (χ2v) is 7.28. The average molecular weight is 361 g/mol. The Kier molecular flexibility index (Phi) is 5.58. The predicted molar refractivity (Wildman–Crippen MR) is 95.8 cm³/mol. The topological polar surface area (TPSA) is 59.8 Å². The molecule has 1 saturated heterocycles. The van der Waals surface area contributed by atoms with Crippen LogP contribution in [0.3, 0.4) is 0 Å². The first-order valence-corrected chi connectivity index (χ1v) is 9.50. The number of hydrogen-bond donors (Lipinski definition) is 0. The van der Waals surface area contributed by atoms with Gasteiger partial charge in [0.25, 0.3) is 0 Å². The Morgan fingerprint density at radius 3 is 2.76 bits per heavy atom. The molecule has 3 heterocycles. The molecule has 0 spiro atoms. The summed E-state index contributed by atoms with van der Waals surface area (Å²) in [5.41, 5.74) is 1.60. The molecule has 1 aliphatic heterocycles. The van der Waals surface area contributed by atoms with Crippen molar-refractivity contribution < 1.29 is 18.7 Å². The number of furan rings is 1. The van der Waals surface area contributed by atoms with Crippen LogP contribution in [-0.2, 0) is 16.0 Å². The molecule has 1 fully saturated rings. The lowest BCUT2D eigenvalue weighted by Gasteiger charge is -2.33. The van der Waals surface area contributed by atoms with Crippen molar-refractivity contribution in [3.63, 3.8) is 0 Å². The number of esters is 1. The lowest BCUT2D eigenvalue weighted by Crippen LogP contribution is -2.40. The van der Waals surface area contributed by atoms with Crippen LogP contribution >= 0.6 is 11.3 Å². The van der Waals surface area contributed by atoms with E-state index in [-0.39, 0.29) is 17.8 Å². The Bertz CT molecular complexity index is 714. The molecule has 0 aliphatic carbocycles. The molecule has 1 atom stereocenters. The molecule has 0 unspecified atom stereocenters. The first-order valence-electron chi connectivity index (χ1n) is 8.55. The molecule has 0 N–H and O–H groups in total. The zero-order chi connectivity index (χ0) is 17.8. The molecule has 6 heteroatoms. The largest absolute Gasteiger partial charge is 0.468 e. The van der Waals surface area contributed by atoms with E-state index in [4.69, 9.17) is 9.15 Å². The fraction of sp³-hybridized carbons (Fsp3) is 0.474. The van der Waals surface area contributed by atoms with Crippen molar-refractivity contribution >= 4 is 23.2 Å². The second kappa shape index (κ2) is 7.87. The van der Waals surface area contributed by atoms with E-state index in [2.05, 4.69) is 0 Å². The normalized spacial score (nSPS) is 16.6. The predicted octanol–water partition coefficient (Wildman–Crippen LogP) is 3.71. The maximum absolute atomic E-state index is 12.7. The minimum Gasteiger partial charge on any atom is -0.468 e. The van der Waals surface area contributed by atoms with Gasteiger partial charge in [0.05, 0.1) is 19.3 Å². The highest BCUT2D eigenvalue weighted by Gasteiger charge is 2.28. The molecule has 5 nitrogen and oxygen atoms in total. The van der Waals surface area contributed by atoms with Gasteiger partial charge in [-0.3, -0.25) is 4.79 Å². The maximum atomic E-state index is 12.7. The molecule has 0 saturated carbocycles. The molecule has 2 aromatic heterocycles. The molecule has 1 amide bonds. The molecule has 0 radical (unpaired) electrons. The lowest BCUT2D eigenvalue weighted by molar-refractivity contribution is -0.133. The maximum Gasteiger partial charge on any atom is 0.341 e. The summed E-state index contributed by atoms with van der Waals surface area (Å²) in [5.74, 6) is 0.850. The number of hydrogen-bond acceptors (Lipinski definition) is 5. The molecular formula is C19H23NO4S. The fourth-order valence-electron chi connectivity index (χ4n) is 3.35. The van der Waals surface area contributed by atoms with Gasteiger partial charge in [-0.25, -0.2) is 4.79 Å².